The fourth-order valence-electron chi connectivity index (χ4n) is 1.10. The molecule has 0 aromatic heterocycles. The maximum Gasteiger partial charge on any atom is 0.316 e. The standard InChI is InChI=1S/C9H8N2O6S/c1-5(9(12)13)18-8-3-2-6(10(14)15)4-7(8)11(16)17/h2-5H,1H3,(H,12,13)/t5-/m1/s1. The van der Waals surface area contributed by atoms with Crippen molar-refractivity contribution in [2.24, 2.45) is 0 Å². The van der Waals surface area contributed by atoms with Crippen LogP contribution in [0.2, 0.25) is 0 Å². The number of carboxylic acids is 1. The van der Waals surface area contributed by atoms with Crippen LogP contribution in [0.5, 0.6) is 0 Å². The molecule has 0 radical (unpaired) electrons. The zero-order chi connectivity index (χ0) is 13.9. The summed E-state index contributed by atoms with van der Waals surface area (Å²) < 4.78 is 0. The smallest absolute Gasteiger partial charge is 0.316 e. The first-order valence-corrected chi connectivity index (χ1v) is 5.53. The van der Waals surface area contributed by atoms with E-state index in [1.54, 1.807) is 0 Å². The Bertz CT molecular complexity index is 518. The van der Waals surface area contributed by atoms with Gasteiger partial charge < -0.3 is 5.11 Å². The maximum absolute atomic E-state index is 10.8. The summed E-state index contributed by atoms with van der Waals surface area (Å²) in [5.74, 6) is -1.12. The number of nitrogens with zero attached hydrogens (tertiary/aromatic N) is 2. The number of rotatable bonds is 5. The predicted molar refractivity (Wildman–Crippen MR) is 62.7 cm³/mol. The number of nitro benzene ring substituents is 2. The third kappa shape index (κ3) is 3.17. The Hall–Kier alpha value is -2.16. The predicted octanol–water partition coefficient (Wildman–Crippen LogP) is 2.07. The fourth-order valence-corrected chi connectivity index (χ4v) is 1.99. The van der Waals surface area contributed by atoms with Crippen LogP contribution in [0.4, 0.5) is 11.4 Å². The SMILES string of the molecule is C[C@@H](Sc1ccc([N+](=O)[O-])cc1[N+](=O)[O-])C(=O)O. The van der Waals surface area contributed by atoms with Gasteiger partial charge in [-0.05, 0) is 13.0 Å². The van der Waals surface area contributed by atoms with Gasteiger partial charge >= 0.3 is 5.97 Å². The molecule has 0 saturated heterocycles. The normalized spacial score (nSPS) is 11.8. The van der Waals surface area contributed by atoms with Gasteiger partial charge in [-0.2, -0.15) is 0 Å². The number of benzene rings is 1. The summed E-state index contributed by atoms with van der Waals surface area (Å²) in [4.78, 5) is 30.5. The van der Waals surface area contributed by atoms with Gasteiger partial charge in [-0.15, -0.1) is 11.8 Å². The summed E-state index contributed by atoms with van der Waals surface area (Å²) in [5, 5.41) is 29.1. The van der Waals surface area contributed by atoms with Crippen LogP contribution in [-0.4, -0.2) is 26.2 Å². The number of aliphatic carboxylic acids is 1. The van der Waals surface area contributed by atoms with Gasteiger partial charge in [0.05, 0.1) is 20.8 Å². The van der Waals surface area contributed by atoms with Crippen molar-refractivity contribution in [1.29, 1.82) is 0 Å². The van der Waals surface area contributed by atoms with Gasteiger partial charge in [0.25, 0.3) is 11.4 Å². The molecule has 1 rings (SSSR count). The second-order valence-electron chi connectivity index (χ2n) is 3.26. The van der Waals surface area contributed by atoms with Crippen molar-refractivity contribution in [3.63, 3.8) is 0 Å². The van der Waals surface area contributed by atoms with E-state index in [-0.39, 0.29) is 4.90 Å². The lowest BCUT2D eigenvalue weighted by atomic mass is 10.3. The van der Waals surface area contributed by atoms with Crippen molar-refractivity contribution in [1.82, 2.24) is 0 Å². The Morgan fingerprint density at radius 2 is 1.94 bits per heavy atom. The van der Waals surface area contributed by atoms with E-state index in [4.69, 9.17) is 5.11 Å². The first kappa shape index (κ1) is 13.9. The molecule has 0 bridgehead atoms. The molecular formula is C9H8N2O6S. The molecule has 0 amide bonds. The second kappa shape index (κ2) is 5.45. The molecule has 8 nitrogen and oxygen atoms in total. The van der Waals surface area contributed by atoms with E-state index in [1.165, 1.54) is 13.0 Å². The number of carbonyl (C=O) groups is 1. The minimum Gasteiger partial charge on any atom is -0.480 e. The molecule has 0 aliphatic rings. The highest BCUT2D eigenvalue weighted by Crippen LogP contribution is 2.34. The summed E-state index contributed by atoms with van der Waals surface area (Å²) in [6.07, 6.45) is 0. The van der Waals surface area contributed by atoms with Gasteiger partial charge in [0, 0.05) is 6.07 Å². The third-order valence-corrected chi connectivity index (χ3v) is 3.16. The van der Waals surface area contributed by atoms with E-state index in [2.05, 4.69) is 0 Å². The summed E-state index contributed by atoms with van der Waals surface area (Å²) in [6.45, 7) is 1.37. The van der Waals surface area contributed by atoms with Crippen LogP contribution in [0, 0.1) is 20.2 Å². The summed E-state index contributed by atoms with van der Waals surface area (Å²) >= 11 is 0.763. The summed E-state index contributed by atoms with van der Waals surface area (Å²) in [6, 6.07) is 3.10. The molecule has 1 atom stereocenters. The van der Waals surface area contributed by atoms with E-state index in [0.717, 1.165) is 23.9 Å². The number of non-ortho nitro benzene ring substituents is 1. The lowest BCUT2D eigenvalue weighted by molar-refractivity contribution is -0.396. The molecule has 0 unspecified atom stereocenters. The van der Waals surface area contributed by atoms with Crippen LogP contribution in [0.1, 0.15) is 6.92 Å². The van der Waals surface area contributed by atoms with E-state index >= 15 is 0 Å². The minimum absolute atomic E-state index is 0.0838. The number of hydrogen-bond donors (Lipinski definition) is 1. The van der Waals surface area contributed by atoms with Crippen molar-refractivity contribution in [2.45, 2.75) is 17.1 Å². The molecule has 96 valence electrons. The Morgan fingerprint density at radius 1 is 1.33 bits per heavy atom. The van der Waals surface area contributed by atoms with E-state index in [1.807, 2.05) is 0 Å². The Balaban J connectivity index is 3.16. The molecule has 0 aliphatic carbocycles. The molecular weight excluding hydrogens is 264 g/mol. The largest absolute Gasteiger partial charge is 0.480 e. The molecule has 0 fully saturated rings. The molecule has 1 aromatic carbocycles. The first-order chi connectivity index (χ1) is 8.32. The molecule has 0 saturated carbocycles. The molecule has 0 spiro atoms. The Labute approximate surface area is 105 Å². The van der Waals surface area contributed by atoms with Gasteiger partial charge in [0.1, 0.15) is 5.25 Å². The van der Waals surface area contributed by atoms with Crippen LogP contribution in [0.3, 0.4) is 0 Å². The van der Waals surface area contributed by atoms with Gasteiger partial charge in [0.15, 0.2) is 0 Å². The highest BCUT2D eigenvalue weighted by molar-refractivity contribution is 8.00. The molecule has 0 heterocycles. The highest BCUT2D eigenvalue weighted by Gasteiger charge is 2.23. The third-order valence-electron chi connectivity index (χ3n) is 2.00. The van der Waals surface area contributed by atoms with Crippen molar-refractivity contribution in [3.8, 4) is 0 Å². The minimum atomic E-state index is -1.12. The van der Waals surface area contributed by atoms with Gasteiger partial charge in [-0.1, -0.05) is 0 Å². The second-order valence-corrected chi connectivity index (χ2v) is 4.65. The Kier molecular flexibility index (Phi) is 4.21. The van der Waals surface area contributed by atoms with Crippen LogP contribution in [0.15, 0.2) is 23.1 Å². The fraction of sp³-hybridized carbons (Fsp3) is 0.222. The monoisotopic (exact) mass is 272 g/mol. The van der Waals surface area contributed by atoms with Crippen LogP contribution >= 0.6 is 11.8 Å². The van der Waals surface area contributed by atoms with Gasteiger partial charge in [-0.3, -0.25) is 25.0 Å². The number of hydrogen-bond acceptors (Lipinski definition) is 6. The zero-order valence-corrected chi connectivity index (χ0v) is 9.92. The average molecular weight is 272 g/mol. The van der Waals surface area contributed by atoms with Gasteiger partial charge in [-0.25, -0.2) is 0 Å². The van der Waals surface area contributed by atoms with E-state index in [0.29, 0.717) is 0 Å². The van der Waals surface area contributed by atoms with Crippen LogP contribution < -0.4 is 0 Å². The summed E-state index contributed by atoms with van der Waals surface area (Å²) in [5.41, 5.74) is -0.878. The number of carboxylic acid groups (broad SMARTS) is 1. The quantitative estimate of drug-likeness (QED) is 0.494. The average Bonchev–Trinajstić information content (AvgIpc) is 2.28. The van der Waals surface area contributed by atoms with E-state index < -0.39 is 32.4 Å². The van der Waals surface area contributed by atoms with Gasteiger partial charge in [0.2, 0.25) is 0 Å². The Morgan fingerprint density at radius 3 is 2.39 bits per heavy atom. The van der Waals surface area contributed by atoms with E-state index in [9.17, 15) is 25.0 Å². The lowest BCUT2D eigenvalue weighted by Gasteiger charge is -2.06. The van der Waals surface area contributed by atoms with Crippen molar-refractivity contribution < 1.29 is 19.7 Å². The zero-order valence-electron chi connectivity index (χ0n) is 9.10. The summed E-state index contributed by atoms with van der Waals surface area (Å²) in [7, 11) is 0. The maximum atomic E-state index is 10.8. The lowest BCUT2D eigenvalue weighted by Crippen LogP contribution is -2.11. The number of nitro groups is 2. The number of thioether (sulfide) groups is 1. The molecule has 9 heteroatoms. The topological polar surface area (TPSA) is 124 Å². The molecule has 1 aromatic rings. The van der Waals surface area contributed by atoms with Crippen LogP contribution in [-0.2, 0) is 4.79 Å². The van der Waals surface area contributed by atoms with Crippen molar-refractivity contribution in [3.05, 3.63) is 38.4 Å². The highest BCUT2D eigenvalue weighted by atomic mass is 32.2. The van der Waals surface area contributed by atoms with Crippen LogP contribution in [0.25, 0.3) is 0 Å². The van der Waals surface area contributed by atoms with Crippen molar-refractivity contribution >= 4 is 29.1 Å². The molecule has 1 N–H and O–H groups in total. The first-order valence-electron chi connectivity index (χ1n) is 4.65. The molecule has 0 aliphatic heterocycles. The molecule has 18 heavy (non-hydrogen) atoms. The van der Waals surface area contributed by atoms with Crippen molar-refractivity contribution in [2.75, 3.05) is 0 Å².